The van der Waals surface area contributed by atoms with Crippen LogP contribution in [-0.2, 0) is 11.3 Å². The van der Waals surface area contributed by atoms with Crippen LogP contribution in [0.1, 0.15) is 32.1 Å². The van der Waals surface area contributed by atoms with Gasteiger partial charge in [0.05, 0.1) is 11.9 Å². The predicted molar refractivity (Wildman–Crippen MR) is 103 cm³/mol. The highest BCUT2D eigenvalue weighted by molar-refractivity contribution is 6.30. The fourth-order valence-electron chi connectivity index (χ4n) is 3.53. The summed E-state index contributed by atoms with van der Waals surface area (Å²) in [6, 6.07) is 7.37. The van der Waals surface area contributed by atoms with Gasteiger partial charge in [-0.3, -0.25) is 14.2 Å². The molecule has 1 N–H and O–H groups in total. The molecule has 1 aliphatic carbocycles. The van der Waals surface area contributed by atoms with E-state index >= 15 is 0 Å². The van der Waals surface area contributed by atoms with Gasteiger partial charge in [-0.2, -0.15) is 5.10 Å². The third kappa shape index (κ3) is 3.73. The maximum absolute atomic E-state index is 12.7. The van der Waals surface area contributed by atoms with E-state index in [0.29, 0.717) is 16.1 Å². The number of rotatable bonds is 4. The van der Waals surface area contributed by atoms with Gasteiger partial charge in [0.1, 0.15) is 18.3 Å². The molecule has 1 saturated carbocycles. The summed E-state index contributed by atoms with van der Waals surface area (Å²) in [6.07, 6.45) is 8.38. The molecule has 27 heavy (non-hydrogen) atoms. The summed E-state index contributed by atoms with van der Waals surface area (Å²) in [5, 5.41) is 8.22. The van der Waals surface area contributed by atoms with Crippen molar-refractivity contribution in [3.8, 4) is 5.69 Å². The van der Waals surface area contributed by atoms with Gasteiger partial charge in [0.2, 0.25) is 5.91 Å². The van der Waals surface area contributed by atoms with Crippen LogP contribution in [0.3, 0.4) is 0 Å². The second-order valence-corrected chi connectivity index (χ2v) is 7.29. The lowest BCUT2D eigenvalue weighted by Crippen LogP contribution is -2.39. The quantitative estimate of drug-likeness (QED) is 0.748. The zero-order valence-corrected chi connectivity index (χ0v) is 15.5. The van der Waals surface area contributed by atoms with Crippen molar-refractivity contribution < 1.29 is 4.79 Å². The van der Waals surface area contributed by atoms with Crippen molar-refractivity contribution in [3.63, 3.8) is 0 Å². The number of carbonyl (C=O) groups excluding carboxylic acids is 1. The highest BCUT2D eigenvalue weighted by atomic mass is 35.5. The maximum atomic E-state index is 12.7. The van der Waals surface area contributed by atoms with E-state index in [9.17, 15) is 9.59 Å². The second-order valence-electron chi connectivity index (χ2n) is 6.85. The minimum atomic E-state index is -0.285. The largest absolute Gasteiger partial charge is 0.352 e. The van der Waals surface area contributed by atoms with Crippen LogP contribution < -0.4 is 10.9 Å². The fraction of sp³-hybridized carbons (Fsp3) is 0.368. The number of hydrogen-bond acceptors (Lipinski definition) is 4. The van der Waals surface area contributed by atoms with E-state index in [1.165, 1.54) is 23.5 Å². The maximum Gasteiger partial charge on any atom is 0.264 e. The van der Waals surface area contributed by atoms with Crippen LogP contribution in [0.4, 0.5) is 0 Å². The zero-order chi connectivity index (χ0) is 18.8. The Bertz CT molecular complexity index is 1040. The van der Waals surface area contributed by atoms with E-state index in [1.54, 1.807) is 16.8 Å². The van der Waals surface area contributed by atoms with Gasteiger partial charge in [-0.05, 0) is 31.0 Å². The number of hydrogen-bond donors (Lipinski definition) is 1. The molecule has 1 fully saturated rings. The van der Waals surface area contributed by atoms with Crippen LogP contribution in [-0.4, -0.2) is 31.3 Å². The van der Waals surface area contributed by atoms with E-state index in [-0.39, 0.29) is 24.1 Å². The molecule has 1 aliphatic rings. The van der Waals surface area contributed by atoms with Crippen molar-refractivity contribution >= 4 is 28.5 Å². The number of fused-ring (bicyclic) bond motifs is 1. The Labute approximate surface area is 161 Å². The van der Waals surface area contributed by atoms with Gasteiger partial charge in [0, 0.05) is 11.1 Å². The van der Waals surface area contributed by atoms with Gasteiger partial charge in [0.15, 0.2) is 5.65 Å². The van der Waals surface area contributed by atoms with Crippen LogP contribution in [0, 0.1) is 0 Å². The number of benzene rings is 1. The van der Waals surface area contributed by atoms with Gasteiger partial charge in [-0.1, -0.05) is 36.9 Å². The van der Waals surface area contributed by atoms with Crippen molar-refractivity contribution in [2.24, 2.45) is 0 Å². The van der Waals surface area contributed by atoms with Crippen LogP contribution in [0.5, 0.6) is 0 Å². The van der Waals surface area contributed by atoms with Crippen LogP contribution in [0.15, 0.2) is 41.6 Å². The first-order chi connectivity index (χ1) is 13.1. The molecule has 0 spiro atoms. The summed E-state index contributed by atoms with van der Waals surface area (Å²) >= 11 is 6.03. The number of carbonyl (C=O) groups is 1. The topological polar surface area (TPSA) is 81.8 Å². The molecule has 0 aliphatic heterocycles. The number of amides is 1. The van der Waals surface area contributed by atoms with Gasteiger partial charge in [-0.15, -0.1) is 0 Å². The summed E-state index contributed by atoms with van der Waals surface area (Å²) in [4.78, 5) is 29.4. The van der Waals surface area contributed by atoms with Crippen molar-refractivity contribution in [2.75, 3.05) is 0 Å². The second kappa shape index (κ2) is 7.52. The van der Waals surface area contributed by atoms with Gasteiger partial charge in [0.25, 0.3) is 5.56 Å². The Morgan fingerprint density at radius 3 is 2.85 bits per heavy atom. The third-order valence-electron chi connectivity index (χ3n) is 4.89. The van der Waals surface area contributed by atoms with Gasteiger partial charge < -0.3 is 5.32 Å². The summed E-state index contributed by atoms with van der Waals surface area (Å²) in [7, 11) is 0. The van der Waals surface area contributed by atoms with E-state index in [1.807, 2.05) is 12.1 Å². The highest BCUT2D eigenvalue weighted by Gasteiger charge is 2.17. The molecule has 0 bridgehead atoms. The Balaban J connectivity index is 1.58. The standard InChI is InChI=1S/C19H20ClN5O2/c20-13-5-4-8-15(9-13)25-18-16(10-22-25)19(27)24(12-21-18)11-17(26)23-14-6-2-1-3-7-14/h4-5,8-10,12,14H,1-3,6-7,11H2,(H,23,26). The molecule has 0 atom stereocenters. The minimum absolute atomic E-state index is 0.0411. The van der Waals surface area contributed by atoms with E-state index in [2.05, 4.69) is 15.4 Å². The molecule has 2 heterocycles. The highest BCUT2D eigenvalue weighted by Crippen LogP contribution is 2.18. The normalized spacial score (nSPS) is 15.1. The Morgan fingerprint density at radius 2 is 2.07 bits per heavy atom. The average molecular weight is 386 g/mol. The number of aromatic nitrogens is 4. The molecule has 8 heteroatoms. The molecular weight excluding hydrogens is 366 g/mol. The van der Waals surface area contributed by atoms with E-state index < -0.39 is 0 Å². The van der Waals surface area contributed by atoms with Crippen molar-refractivity contribution in [3.05, 3.63) is 52.2 Å². The number of halogens is 1. The van der Waals surface area contributed by atoms with Gasteiger partial charge in [-0.25, -0.2) is 9.67 Å². The molecule has 7 nitrogen and oxygen atoms in total. The SMILES string of the molecule is O=C(Cn1cnc2c(cnn2-c2cccc(Cl)c2)c1=O)NC1CCCCC1. The van der Waals surface area contributed by atoms with Crippen LogP contribution >= 0.6 is 11.6 Å². The summed E-state index contributed by atoms with van der Waals surface area (Å²) in [5.41, 5.74) is 0.871. The van der Waals surface area contributed by atoms with E-state index in [0.717, 1.165) is 31.4 Å². The van der Waals surface area contributed by atoms with Crippen molar-refractivity contribution in [1.29, 1.82) is 0 Å². The molecule has 0 unspecified atom stereocenters. The number of nitrogens with zero attached hydrogens (tertiary/aromatic N) is 4. The lowest BCUT2D eigenvalue weighted by Gasteiger charge is -2.22. The zero-order valence-electron chi connectivity index (χ0n) is 14.8. The molecule has 3 aromatic rings. The lowest BCUT2D eigenvalue weighted by atomic mass is 9.95. The van der Waals surface area contributed by atoms with Gasteiger partial charge >= 0.3 is 0 Å². The molecule has 0 radical (unpaired) electrons. The molecule has 1 aromatic carbocycles. The Kier molecular flexibility index (Phi) is 4.94. The van der Waals surface area contributed by atoms with Crippen LogP contribution in [0.25, 0.3) is 16.7 Å². The van der Waals surface area contributed by atoms with Crippen molar-refractivity contribution in [2.45, 2.75) is 44.7 Å². The fourth-order valence-corrected chi connectivity index (χ4v) is 3.72. The summed E-state index contributed by atoms with van der Waals surface area (Å²) < 4.78 is 2.89. The third-order valence-corrected chi connectivity index (χ3v) is 5.13. The first-order valence-electron chi connectivity index (χ1n) is 9.10. The minimum Gasteiger partial charge on any atom is -0.352 e. The molecule has 2 aromatic heterocycles. The summed E-state index contributed by atoms with van der Waals surface area (Å²) in [6.45, 7) is -0.0411. The molecule has 0 saturated heterocycles. The van der Waals surface area contributed by atoms with Crippen LogP contribution in [0.2, 0.25) is 5.02 Å². The lowest BCUT2D eigenvalue weighted by molar-refractivity contribution is -0.122. The average Bonchev–Trinajstić information content (AvgIpc) is 3.10. The molecule has 140 valence electrons. The number of nitrogens with one attached hydrogen (secondary N) is 1. The summed E-state index contributed by atoms with van der Waals surface area (Å²) in [5.74, 6) is -0.160. The first-order valence-corrected chi connectivity index (χ1v) is 9.48. The first kappa shape index (κ1) is 17.7. The van der Waals surface area contributed by atoms with E-state index in [4.69, 9.17) is 11.6 Å². The predicted octanol–water partition coefficient (Wildman–Crippen LogP) is 2.68. The Morgan fingerprint density at radius 1 is 1.26 bits per heavy atom. The van der Waals surface area contributed by atoms with Crippen molar-refractivity contribution in [1.82, 2.24) is 24.6 Å². The molecule has 1 amide bonds. The monoisotopic (exact) mass is 385 g/mol. The molecule has 4 rings (SSSR count). The smallest absolute Gasteiger partial charge is 0.264 e. The molecular formula is C19H20ClN5O2. The Hall–Kier alpha value is -2.67.